The van der Waals surface area contributed by atoms with Crippen molar-refractivity contribution in [3.05, 3.63) is 48.6 Å². The number of nitrogens with zero attached hydrogens (tertiary/aromatic N) is 1. The van der Waals surface area contributed by atoms with Crippen LogP contribution in [-0.4, -0.2) is 80.8 Å². The van der Waals surface area contributed by atoms with E-state index in [9.17, 15) is 19.4 Å². The van der Waals surface area contributed by atoms with Crippen LogP contribution in [0.25, 0.3) is 0 Å². The van der Waals surface area contributed by atoms with Gasteiger partial charge in [0.05, 0.1) is 52.1 Å². The average Bonchev–Trinajstić information content (AvgIpc) is 3.84. The van der Waals surface area contributed by atoms with Gasteiger partial charge in [0, 0.05) is 6.42 Å². The molecule has 5 atom stereocenters. The number of phosphoric acid groups is 1. The van der Waals surface area contributed by atoms with Gasteiger partial charge in [-0.3, -0.25) is 9.36 Å². The van der Waals surface area contributed by atoms with Crippen LogP contribution in [0.4, 0.5) is 0 Å². The van der Waals surface area contributed by atoms with E-state index in [1.165, 1.54) is 77.0 Å². The molecule has 0 aromatic carbocycles. The zero-order chi connectivity index (χ0) is 38.3. The lowest BCUT2D eigenvalue weighted by molar-refractivity contribution is -0.870. The number of rotatable bonds is 35. The van der Waals surface area contributed by atoms with Crippen LogP contribution in [0.3, 0.4) is 0 Å². The summed E-state index contributed by atoms with van der Waals surface area (Å²) < 4.78 is 28.8. The molecule has 9 nitrogen and oxygen atoms in total. The molecule has 1 rings (SSSR count). The number of carbonyl (C=O) groups excluding carboxylic acids is 1. The predicted octanol–water partition coefficient (Wildman–Crippen LogP) is 9.26. The number of hydrogen-bond donors (Lipinski definition) is 2. The van der Waals surface area contributed by atoms with Gasteiger partial charge in [-0.15, -0.1) is 0 Å². The fourth-order valence-electron chi connectivity index (χ4n) is 5.77. The Morgan fingerprint density at radius 3 is 2.02 bits per heavy atom. The van der Waals surface area contributed by atoms with E-state index in [2.05, 4.69) is 55.6 Å². The fraction of sp³-hybridized carbons (Fsp3) is 0.786. The van der Waals surface area contributed by atoms with Crippen molar-refractivity contribution in [1.29, 1.82) is 0 Å². The number of epoxide rings is 1. The molecule has 0 aromatic heterocycles. The van der Waals surface area contributed by atoms with Gasteiger partial charge in [0.1, 0.15) is 13.2 Å². The molecule has 3 unspecified atom stereocenters. The van der Waals surface area contributed by atoms with Crippen molar-refractivity contribution in [3.63, 3.8) is 0 Å². The number of quaternary nitrogens is 1. The van der Waals surface area contributed by atoms with Gasteiger partial charge in [0.2, 0.25) is 5.91 Å². The molecule has 1 heterocycles. The zero-order valence-electron chi connectivity index (χ0n) is 33.7. The number of phosphoric ester groups is 1. The number of amides is 1. The molecule has 10 heteroatoms. The van der Waals surface area contributed by atoms with Crippen LogP contribution in [-0.2, 0) is 23.1 Å². The number of ether oxygens (including phenoxy) is 1. The Labute approximate surface area is 318 Å². The minimum Gasteiger partial charge on any atom is -0.756 e. The number of allylic oxidation sites excluding steroid dienone is 6. The van der Waals surface area contributed by atoms with Gasteiger partial charge in [-0.1, -0.05) is 140 Å². The van der Waals surface area contributed by atoms with E-state index in [1.54, 1.807) is 6.08 Å². The van der Waals surface area contributed by atoms with E-state index in [0.29, 0.717) is 29.7 Å². The summed E-state index contributed by atoms with van der Waals surface area (Å²) in [6.07, 6.45) is 39.0. The van der Waals surface area contributed by atoms with Crippen LogP contribution in [0.5, 0.6) is 0 Å². The predicted molar refractivity (Wildman–Crippen MR) is 214 cm³/mol. The van der Waals surface area contributed by atoms with Crippen molar-refractivity contribution in [2.75, 3.05) is 40.9 Å². The van der Waals surface area contributed by atoms with Crippen LogP contribution < -0.4 is 10.2 Å². The van der Waals surface area contributed by atoms with E-state index in [4.69, 9.17) is 13.8 Å². The molecule has 1 aliphatic rings. The molecule has 0 bridgehead atoms. The highest BCUT2D eigenvalue weighted by atomic mass is 31.2. The third-order valence-corrected chi connectivity index (χ3v) is 10.2. The Morgan fingerprint density at radius 1 is 0.788 bits per heavy atom. The molecular weight excluding hydrogens is 675 g/mol. The molecule has 0 aliphatic carbocycles. The van der Waals surface area contributed by atoms with E-state index in [0.717, 1.165) is 44.9 Å². The molecule has 302 valence electrons. The van der Waals surface area contributed by atoms with Gasteiger partial charge in [-0.2, -0.15) is 0 Å². The summed E-state index contributed by atoms with van der Waals surface area (Å²) in [5.41, 5.74) is 0. The standard InChI is InChI=1S/C42H77N2O7P/c1-6-8-10-11-12-13-14-15-18-21-24-28-31-39(45)38(37-50-52(47,48)49-36-35-44(3,4)5)43-42(46)34-30-26-23-20-17-16-19-22-25-29-33-41-40(51-41)32-27-9-7-2/h16,19-20,23,25,28-29,31,38-41,45H,6-15,17-18,21-22,24,26-27,30,32-37H2,1-5H3,(H-,43,46,47,48)/b19-16-,23-20-,29-25-,31-28+/t38-,39+,40?,41?/m0/s1. The van der Waals surface area contributed by atoms with E-state index in [-0.39, 0.29) is 18.9 Å². The molecular formula is C42H77N2O7P. The minimum absolute atomic E-state index is 0.0150. The Morgan fingerprint density at radius 2 is 1.37 bits per heavy atom. The van der Waals surface area contributed by atoms with Crippen molar-refractivity contribution in [2.24, 2.45) is 0 Å². The Bertz CT molecular complexity index is 1060. The number of aliphatic hydroxyl groups is 1. The van der Waals surface area contributed by atoms with E-state index >= 15 is 0 Å². The largest absolute Gasteiger partial charge is 0.756 e. The molecule has 2 N–H and O–H groups in total. The van der Waals surface area contributed by atoms with Gasteiger partial charge in [-0.25, -0.2) is 0 Å². The quantitative estimate of drug-likeness (QED) is 0.0218. The molecule has 1 saturated heterocycles. The first-order valence-electron chi connectivity index (χ1n) is 20.6. The molecule has 0 aromatic rings. The van der Waals surface area contributed by atoms with Gasteiger partial charge >= 0.3 is 0 Å². The van der Waals surface area contributed by atoms with Crippen molar-refractivity contribution < 1.29 is 37.6 Å². The second kappa shape index (κ2) is 30.7. The lowest BCUT2D eigenvalue weighted by Crippen LogP contribution is -2.45. The lowest BCUT2D eigenvalue weighted by Gasteiger charge is -2.29. The number of aliphatic hydroxyl groups excluding tert-OH is 1. The molecule has 52 heavy (non-hydrogen) atoms. The zero-order valence-corrected chi connectivity index (χ0v) is 34.6. The number of hydrogen-bond acceptors (Lipinski definition) is 7. The van der Waals surface area contributed by atoms with Crippen LogP contribution >= 0.6 is 7.82 Å². The summed E-state index contributed by atoms with van der Waals surface area (Å²) >= 11 is 0. The maximum atomic E-state index is 12.8. The van der Waals surface area contributed by atoms with Gasteiger partial charge < -0.3 is 33.6 Å². The summed E-state index contributed by atoms with van der Waals surface area (Å²) in [4.78, 5) is 25.2. The first-order chi connectivity index (χ1) is 25.0. The normalized spacial score (nSPS) is 18.9. The van der Waals surface area contributed by atoms with Gasteiger partial charge in [-0.05, 0) is 51.4 Å². The van der Waals surface area contributed by atoms with Crippen LogP contribution in [0.15, 0.2) is 48.6 Å². The number of nitrogens with one attached hydrogen (secondary N) is 1. The number of carbonyl (C=O) groups is 1. The smallest absolute Gasteiger partial charge is 0.268 e. The molecule has 0 spiro atoms. The SMILES string of the molecule is CCCCCCCCCCCC/C=C/[C@@H](O)[C@H](COP(=O)([O-])OCC[N+](C)(C)C)NC(=O)CCC/C=C\C/C=C\C/C=C\CC1OC1CCCCC. The highest BCUT2D eigenvalue weighted by Gasteiger charge is 2.36. The summed E-state index contributed by atoms with van der Waals surface area (Å²) in [6, 6.07) is -0.917. The number of unbranched alkanes of at least 4 members (excludes halogenated alkanes) is 13. The van der Waals surface area contributed by atoms with E-state index < -0.39 is 26.6 Å². The van der Waals surface area contributed by atoms with Crippen molar-refractivity contribution in [3.8, 4) is 0 Å². The molecule has 0 saturated carbocycles. The number of likely N-dealkylation sites (N-methyl/N-ethyl adjacent to an activating group) is 1. The van der Waals surface area contributed by atoms with E-state index in [1.807, 2.05) is 27.2 Å². The topological polar surface area (TPSA) is 120 Å². The first-order valence-corrected chi connectivity index (χ1v) is 22.1. The Hall–Kier alpha value is -1.58. The van der Waals surface area contributed by atoms with Crippen molar-refractivity contribution in [1.82, 2.24) is 5.32 Å². The maximum absolute atomic E-state index is 12.8. The maximum Gasteiger partial charge on any atom is 0.268 e. The Kier molecular flexibility index (Phi) is 28.6. The molecule has 1 amide bonds. The van der Waals surface area contributed by atoms with Crippen molar-refractivity contribution >= 4 is 13.7 Å². The highest BCUT2D eigenvalue weighted by molar-refractivity contribution is 7.45. The molecule has 0 radical (unpaired) electrons. The third-order valence-electron chi connectivity index (χ3n) is 9.21. The van der Waals surface area contributed by atoms with Crippen LogP contribution in [0.1, 0.15) is 149 Å². The van der Waals surface area contributed by atoms with Crippen LogP contribution in [0.2, 0.25) is 0 Å². The van der Waals surface area contributed by atoms with Crippen LogP contribution in [0, 0.1) is 0 Å². The highest BCUT2D eigenvalue weighted by Crippen LogP contribution is 2.38. The molecule has 1 fully saturated rings. The second-order valence-corrected chi connectivity index (χ2v) is 16.8. The minimum atomic E-state index is -4.60. The fourth-order valence-corrected chi connectivity index (χ4v) is 6.49. The third kappa shape index (κ3) is 29.8. The summed E-state index contributed by atoms with van der Waals surface area (Å²) in [5.74, 6) is -0.258. The first kappa shape index (κ1) is 48.4. The lowest BCUT2D eigenvalue weighted by atomic mass is 10.1. The summed E-state index contributed by atoms with van der Waals surface area (Å²) in [7, 11) is 1.21. The average molecular weight is 753 g/mol. The Balaban J connectivity index is 2.39. The van der Waals surface area contributed by atoms with Gasteiger partial charge in [0.25, 0.3) is 7.82 Å². The van der Waals surface area contributed by atoms with Crippen molar-refractivity contribution in [2.45, 2.75) is 173 Å². The summed E-state index contributed by atoms with van der Waals surface area (Å²) in [6.45, 7) is 4.53. The summed E-state index contributed by atoms with van der Waals surface area (Å²) in [5, 5.41) is 13.7. The molecule has 1 aliphatic heterocycles. The second-order valence-electron chi connectivity index (χ2n) is 15.4. The van der Waals surface area contributed by atoms with Gasteiger partial charge in [0.15, 0.2) is 0 Å². The monoisotopic (exact) mass is 753 g/mol.